The number of ether oxygens (including phenoxy) is 1. The second kappa shape index (κ2) is 7.19. The first kappa shape index (κ1) is 15.5. The van der Waals surface area contributed by atoms with E-state index in [0.717, 1.165) is 12.8 Å². The minimum Gasteiger partial charge on any atom is -0.481 e. The lowest BCUT2D eigenvalue weighted by Gasteiger charge is -2.24. The van der Waals surface area contributed by atoms with Crippen LogP contribution in [0.4, 0.5) is 0 Å². The summed E-state index contributed by atoms with van der Waals surface area (Å²) in [5.41, 5.74) is 0. The number of halogens is 2. The van der Waals surface area contributed by atoms with Gasteiger partial charge in [0.05, 0.1) is 10.0 Å². The molecule has 0 aromatic heterocycles. The molecule has 1 aliphatic rings. The predicted octanol–water partition coefficient (Wildman–Crippen LogP) is 4.21. The van der Waals surface area contributed by atoms with Crippen LogP contribution in [0, 0.1) is 0 Å². The molecular formula is C15H19Cl2NO2. The van der Waals surface area contributed by atoms with Crippen LogP contribution in [0.25, 0.3) is 0 Å². The van der Waals surface area contributed by atoms with Gasteiger partial charge in [-0.15, -0.1) is 0 Å². The van der Waals surface area contributed by atoms with Gasteiger partial charge in [0.2, 0.25) is 0 Å². The van der Waals surface area contributed by atoms with E-state index in [1.54, 1.807) is 25.1 Å². The largest absolute Gasteiger partial charge is 0.481 e. The zero-order chi connectivity index (χ0) is 14.5. The van der Waals surface area contributed by atoms with Crippen molar-refractivity contribution >= 4 is 29.1 Å². The number of carbonyl (C=O) groups excluding carboxylic acids is 1. The first-order chi connectivity index (χ1) is 9.56. The third kappa shape index (κ3) is 4.29. The maximum absolute atomic E-state index is 12.1. The van der Waals surface area contributed by atoms with E-state index in [2.05, 4.69) is 5.32 Å². The molecule has 0 saturated heterocycles. The summed E-state index contributed by atoms with van der Waals surface area (Å²) in [6.07, 6.45) is 5.21. The van der Waals surface area contributed by atoms with E-state index in [4.69, 9.17) is 27.9 Å². The van der Waals surface area contributed by atoms with Gasteiger partial charge in [-0.05, 0) is 31.9 Å². The van der Waals surface area contributed by atoms with E-state index in [0.29, 0.717) is 15.8 Å². The molecule has 5 heteroatoms. The number of amides is 1. The van der Waals surface area contributed by atoms with Crippen molar-refractivity contribution in [2.24, 2.45) is 0 Å². The van der Waals surface area contributed by atoms with Crippen molar-refractivity contribution in [3.8, 4) is 5.75 Å². The minimum absolute atomic E-state index is 0.0806. The molecular weight excluding hydrogens is 297 g/mol. The SMILES string of the molecule is CC(Oc1ccc(Cl)c(Cl)c1)C(=O)NC1CCCCC1. The molecule has 3 nitrogen and oxygen atoms in total. The first-order valence-corrected chi connectivity index (χ1v) is 7.74. The quantitative estimate of drug-likeness (QED) is 0.903. The lowest BCUT2D eigenvalue weighted by atomic mass is 9.95. The van der Waals surface area contributed by atoms with Crippen LogP contribution < -0.4 is 10.1 Å². The standard InChI is InChI=1S/C15H19Cl2NO2/c1-10(15(19)18-11-5-3-2-4-6-11)20-12-7-8-13(16)14(17)9-12/h7-11H,2-6H2,1H3,(H,18,19). The van der Waals surface area contributed by atoms with Crippen LogP contribution in [0.1, 0.15) is 39.0 Å². The van der Waals surface area contributed by atoms with Crippen molar-refractivity contribution in [3.05, 3.63) is 28.2 Å². The van der Waals surface area contributed by atoms with Crippen molar-refractivity contribution in [1.29, 1.82) is 0 Å². The molecule has 0 spiro atoms. The van der Waals surface area contributed by atoms with Crippen LogP contribution in [0.3, 0.4) is 0 Å². The van der Waals surface area contributed by atoms with Crippen molar-refractivity contribution < 1.29 is 9.53 Å². The number of nitrogens with one attached hydrogen (secondary N) is 1. The van der Waals surface area contributed by atoms with Gasteiger partial charge in [-0.1, -0.05) is 42.5 Å². The van der Waals surface area contributed by atoms with Gasteiger partial charge in [-0.25, -0.2) is 0 Å². The Labute approximate surface area is 129 Å². The maximum Gasteiger partial charge on any atom is 0.260 e. The average Bonchev–Trinajstić information content (AvgIpc) is 2.44. The monoisotopic (exact) mass is 315 g/mol. The Balaban J connectivity index is 1.88. The highest BCUT2D eigenvalue weighted by atomic mass is 35.5. The minimum atomic E-state index is -0.547. The zero-order valence-electron chi connectivity index (χ0n) is 11.5. The van der Waals surface area contributed by atoms with Gasteiger partial charge in [0.1, 0.15) is 5.75 Å². The van der Waals surface area contributed by atoms with Crippen LogP contribution in [0.5, 0.6) is 5.75 Å². The molecule has 0 bridgehead atoms. The predicted molar refractivity (Wildman–Crippen MR) is 81.6 cm³/mol. The summed E-state index contributed by atoms with van der Waals surface area (Å²) >= 11 is 11.8. The molecule has 1 atom stereocenters. The summed E-state index contributed by atoms with van der Waals surface area (Å²) in [4.78, 5) is 12.1. The van der Waals surface area contributed by atoms with Crippen molar-refractivity contribution in [3.63, 3.8) is 0 Å². The highest BCUT2D eigenvalue weighted by Crippen LogP contribution is 2.27. The molecule has 1 unspecified atom stereocenters. The smallest absolute Gasteiger partial charge is 0.260 e. The zero-order valence-corrected chi connectivity index (χ0v) is 13.0. The fraction of sp³-hybridized carbons (Fsp3) is 0.533. The van der Waals surface area contributed by atoms with Crippen LogP contribution in [0.15, 0.2) is 18.2 Å². The Bertz CT molecular complexity index is 473. The number of benzene rings is 1. The summed E-state index contributed by atoms with van der Waals surface area (Å²) in [7, 11) is 0. The summed E-state index contributed by atoms with van der Waals surface area (Å²) in [5.74, 6) is 0.466. The Kier molecular flexibility index (Phi) is 5.55. The summed E-state index contributed by atoms with van der Waals surface area (Å²) in [6.45, 7) is 1.74. The highest BCUT2D eigenvalue weighted by Gasteiger charge is 2.20. The van der Waals surface area contributed by atoms with Gasteiger partial charge >= 0.3 is 0 Å². The van der Waals surface area contributed by atoms with E-state index < -0.39 is 6.10 Å². The Morgan fingerprint density at radius 2 is 1.95 bits per heavy atom. The molecule has 1 amide bonds. The fourth-order valence-electron chi connectivity index (χ4n) is 2.37. The number of hydrogen-bond donors (Lipinski definition) is 1. The molecule has 1 fully saturated rings. The van der Waals surface area contributed by atoms with Gasteiger partial charge in [0.25, 0.3) is 5.91 Å². The fourth-order valence-corrected chi connectivity index (χ4v) is 2.66. The lowest BCUT2D eigenvalue weighted by molar-refractivity contribution is -0.128. The molecule has 1 N–H and O–H groups in total. The second-order valence-corrected chi connectivity index (χ2v) is 5.99. The van der Waals surface area contributed by atoms with Gasteiger partial charge in [-0.3, -0.25) is 4.79 Å². The summed E-state index contributed by atoms with van der Waals surface area (Å²) in [6, 6.07) is 5.27. The van der Waals surface area contributed by atoms with Crippen LogP contribution >= 0.6 is 23.2 Å². The Morgan fingerprint density at radius 3 is 2.60 bits per heavy atom. The Hall–Kier alpha value is -0.930. The van der Waals surface area contributed by atoms with E-state index in [9.17, 15) is 4.79 Å². The van der Waals surface area contributed by atoms with Crippen LogP contribution in [-0.4, -0.2) is 18.1 Å². The molecule has 2 rings (SSSR count). The molecule has 1 aliphatic carbocycles. The van der Waals surface area contributed by atoms with Crippen molar-refractivity contribution in [2.45, 2.75) is 51.2 Å². The van der Waals surface area contributed by atoms with E-state index in [-0.39, 0.29) is 11.9 Å². The normalized spacial score (nSPS) is 17.6. The van der Waals surface area contributed by atoms with Gasteiger partial charge in [0.15, 0.2) is 6.10 Å². The third-order valence-electron chi connectivity index (χ3n) is 3.52. The molecule has 20 heavy (non-hydrogen) atoms. The molecule has 1 aromatic rings. The van der Waals surface area contributed by atoms with Gasteiger partial charge in [-0.2, -0.15) is 0 Å². The van der Waals surface area contributed by atoms with Crippen LogP contribution in [0.2, 0.25) is 10.0 Å². The number of carbonyl (C=O) groups is 1. The number of hydrogen-bond acceptors (Lipinski definition) is 2. The third-order valence-corrected chi connectivity index (χ3v) is 4.26. The topological polar surface area (TPSA) is 38.3 Å². The molecule has 1 aromatic carbocycles. The summed E-state index contributed by atoms with van der Waals surface area (Å²) < 4.78 is 5.60. The highest BCUT2D eigenvalue weighted by molar-refractivity contribution is 6.42. The molecule has 0 heterocycles. The summed E-state index contributed by atoms with van der Waals surface area (Å²) in [5, 5.41) is 3.93. The van der Waals surface area contributed by atoms with Gasteiger partial charge in [0, 0.05) is 12.1 Å². The lowest BCUT2D eigenvalue weighted by Crippen LogP contribution is -2.43. The van der Waals surface area contributed by atoms with Gasteiger partial charge < -0.3 is 10.1 Å². The molecule has 0 aliphatic heterocycles. The Morgan fingerprint density at radius 1 is 1.25 bits per heavy atom. The molecule has 0 radical (unpaired) electrons. The van der Waals surface area contributed by atoms with E-state index >= 15 is 0 Å². The first-order valence-electron chi connectivity index (χ1n) is 6.98. The maximum atomic E-state index is 12.1. The molecule has 1 saturated carbocycles. The van der Waals surface area contributed by atoms with Crippen molar-refractivity contribution in [2.75, 3.05) is 0 Å². The molecule has 110 valence electrons. The van der Waals surface area contributed by atoms with E-state index in [1.807, 2.05) is 0 Å². The van der Waals surface area contributed by atoms with E-state index in [1.165, 1.54) is 19.3 Å². The van der Waals surface area contributed by atoms with Crippen LogP contribution in [-0.2, 0) is 4.79 Å². The van der Waals surface area contributed by atoms with Crippen molar-refractivity contribution in [1.82, 2.24) is 5.32 Å². The number of rotatable bonds is 4. The average molecular weight is 316 g/mol. The second-order valence-electron chi connectivity index (χ2n) is 5.18.